The zero-order valence-corrected chi connectivity index (χ0v) is 11.4. The Morgan fingerprint density at radius 1 is 1.22 bits per heavy atom. The van der Waals surface area contributed by atoms with Crippen LogP contribution in [0.2, 0.25) is 4.34 Å². The zero-order valence-electron chi connectivity index (χ0n) is 9.82. The van der Waals surface area contributed by atoms with Gasteiger partial charge in [-0.2, -0.15) is 0 Å². The van der Waals surface area contributed by atoms with Crippen molar-refractivity contribution < 1.29 is 0 Å². The van der Waals surface area contributed by atoms with Crippen LogP contribution in [0.3, 0.4) is 0 Å². The molecule has 1 aromatic heterocycles. The SMILES string of the molecule is N=C1c2ccccc2CN1CCc1ccc(Cl)s1. The van der Waals surface area contributed by atoms with Crippen LogP contribution in [0.25, 0.3) is 0 Å². The third-order valence-corrected chi connectivity index (χ3v) is 4.50. The van der Waals surface area contributed by atoms with Gasteiger partial charge in [0.1, 0.15) is 5.84 Å². The first-order chi connectivity index (χ1) is 8.74. The van der Waals surface area contributed by atoms with Gasteiger partial charge in [-0.3, -0.25) is 5.41 Å². The van der Waals surface area contributed by atoms with Crippen LogP contribution in [0.5, 0.6) is 0 Å². The van der Waals surface area contributed by atoms with Gasteiger partial charge in [0.05, 0.1) is 4.34 Å². The number of halogens is 1. The standard InChI is InChI=1S/C14H13ClN2S/c15-13-6-5-11(18-13)7-8-17-9-10-3-1-2-4-12(10)14(17)16/h1-6,16H,7-9H2. The Kier molecular flexibility index (Phi) is 3.10. The summed E-state index contributed by atoms with van der Waals surface area (Å²) in [5.74, 6) is 0.647. The molecular weight excluding hydrogens is 264 g/mol. The molecule has 0 bridgehead atoms. The minimum absolute atomic E-state index is 0.647. The molecule has 18 heavy (non-hydrogen) atoms. The van der Waals surface area contributed by atoms with Gasteiger partial charge >= 0.3 is 0 Å². The summed E-state index contributed by atoms with van der Waals surface area (Å²) in [6, 6.07) is 12.2. The minimum atomic E-state index is 0.647. The van der Waals surface area contributed by atoms with Crippen molar-refractivity contribution in [3.05, 3.63) is 56.7 Å². The normalized spacial score (nSPS) is 14.1. The Labute approximate surface area is 115 Å². The van der Waals surface area contributed by atoms with Crippen LogP contribution < -0.4 is 0 Å². The van der Waals surface area contributed by atoms with Crippen molar-refractivity contribution in [2.75, 3.05) is 6.54 Å². The third-order valence-electron chi connectivity index (χ3n) is 3.21. The first-order valence-corrected chi connectivity index (χ1v) is 7.09. The first-order valence-electron chi connectivity index (χ1n) is 5.90. The Hall–Kier alpha value is -1.32. The summed E-state index contributed by atoms with van der Waals surface area (Å²) < 4.78 is 0.838. The molecule has 0 saturated heterocycles. The molecule has 4 heteroatoms. The van der Waals surface area contributed by atoms with E-state index in [2.05, 4.69) is 17.0 Å². The second-order valence-electron chi connectivity index (χ2n) is 4.38. The maximum atomic E-state index is 8.16. The van der Waals surface area contributed by atoms with Crippen LogP contribution in [-0.4, -0.2) is 17.3 Å². The second-order valence-corrected chi connectivity index (χ2v) is 6.18. The molecule has 2 nitrogen and oxygen atoms in total. The number of rotatable bonds is 3. The lowest BCUT2D eigenvalue weighted by Crippen LogP contribution is -2.26. The van der Waals surface area contributed by atoms with E-state index in [1.807, 2.05) is 24.3 Å². The van der Waals surface area contributed by atoms with Gasteiger partial charge in [-0.25, -0.2) is 0 Å². The summed E-state index contributed by atoms with van der Waals surface area (Å²) in [4.78, 5) is 3.40. The highest BCUT2D eigenvalue weighted by molar-refractivity contribution is 7.16. The van der Waals surface area contributed by atoms with Crippen LogP contribution in [0, 0.1) is 5.41 Å². The molecule has 0 aliphatic carbocycles. The van der Waals surface area contributed by atoms with Gasteiger partial charge in [0.25, 0.3) is 0 Å². The van der Waals surface area contributed by atoms with Crippen molar-refractivity contribution in [3.63, 3.8) is 0 Å². The number of nitrogens with one attached hydrogen (secondary N) is 1. The van der Waals surface area contributed by atoms with Gasteiger partial charge in [0.2, 0.25) is 0 Å². The fourth-order valence-corrected chi connectivity index (χ4v) is 3.34. The lowest BCUT2D eigenvalue weighted by Gasteiger charge is -2.17. The quantitative estimate of drug-likeness (QED) is 0.907. The van der Waals surface area contributed by atoms with Crippen LogP contribution in [0.1, 0.15) is 16.0 Å². The number of hydrogen-bond donors (Lipinski definition) is 1. The molecule has 2 aromatic rings. The molecular formula is C14H13ClN2S. The summed E-state index contributed by atoms with van der Waals surface area (Å²) in [6.45, 7) is 1.73. The average molecular weight is 277 g/mol. The summed E-state index contributed by atoms with van der Waals surface area (Å²) in [5.41, 5.74) is 2.33. The van der Waals surface area contributed by atoms with Crippen molar-refractivity contribution in [2.45, 2.75) is 13.0 Å². The number of hydrogen-bond acceptors (Lipinski definition) is 2. The highest BCUT2D eigenvalue weighted by atomic mass is 35.5. The predicted molar refractivity (Wildman–Crippen MR) is 76.7 cm³/mol. The molecule has 2 heterocycles. The van der Waals surface area contributed by atoms with E-state index in [4.69, 9.17) is 17.0 Å². The topological polar surface area (TPSA) is 27.1 Å². The van der Waals surface area contributed by atoms with E-state index < -0.39 is 0 Å². The molecule has 3 rings (SSSR count). The molecule has 0 unspecified atom stereocenters. The molecule has 0 radical (unpaired) electrons. The Morgan fingerprint density at radius 3 is 2.78 bits per heavy atom. The van der Waals surface area contributed by atoms with E-state index in [0.29, 0.717) is 5.84 Å². The third kappa shape index (κ3) is 2.16. The van der Waals surface area contributed by atoms with Crippen LogP contribution in [0.15, 0.2) is 36.4 Å². The van der Waals surface area contributed by atoms with E-state index >= 15 is 0 Å². The van der Waals surface area contributed by atoms with Crippen LogP contribution >= 0.6 is 22.9 Å². The molecule has 0 fully saturated rings. The summed E-state index contributed by atoms with van der Waals surface area (Å²) >= 11 is 7.54. The number of benzene rings is 1. The van der Waals surface area contributed by atoms with Gasteiger partial charge in [-0.1, -0.05) is 35.9 Å². The molecule has 0 saturated carbocycles. The first kappa shape index (κ1) is 11.8. The highest BCUT2D eigenvalue weighted by Crippen LogP contribution is 2.25. The molecule has 0 spiro atoms. The second kappa shape index (κ2) is 4.75. The molecule has 1 aliphatic heterocycles. The Balaban J connectivity index is 1.68. The molecule has 0 atom stereocenters. The van der Waals surface area contributed by atoms with Gasteiger partial charge in [0, 0.05) is 23.5 Å². The highest BCUT2D eigenvalue weighted by Gasteiger charge is 2.22. The Morgan fingerprint density at radius 2 is 2.06 bits per heavy atom. The minimum Gasteiger partial charge on any atom is -0.352 e. The Bertz CT molecular complexity index is 591. The zero-order chi connectivity index (χ0) is 12.5. The largest absolute Gasteiger partial charge is 0.352 e. The van der Waals surface area contributed by atoms with Crippen molar-refractivity contribution in [1.82, 2.24) is 4.90 Å². The van der Waals surface area contributed by atoms with E-state index in [9.17, 15) is 0 Å². The van der Waals surface area contributed by atoms with E-state index in [1.165, 1.54) is 10.4 Å². The number of amidine groups is 1. The van der Waals surface area contributed by atoms with Gasteiger partial charge in [-0.15, -0.1) is 11.3 Å². The monoisotopic (exact) mass is 276 g/mol. The summed E-state index contributed by atoms with van der Waals surface area (Å²) in [5, 5.41) is 8.16. The van der Waals surface area contributed by atoms with E-state index in [0.717, 1.165) is 29.4 Å². The van der Waals surface area contributed by atoms with Gasteiger partial charge < -0.3 is 4.90 Å². The van der Waals surface area contributed by atoms with Crippen molar-refractivity contribution in [3.8, 4) is 0 Å². The van der Waals surface area contributed by atoms with E-state index in [1.54, 1.807) is 11.3 Å². The van der Waals surface area contributed by atoms with Crippen LogP contribution in [-0.2, 0) is 13.0 Å². The lowest BCUT2D eigenvalue weighted by atomic mass is 10.1. The molecule has 1 aromatic carbocycles. The molecule has 1 aliphatic rings. The number of fused-ring (bicyclic) bond motifs is 1. The maximum Gasteiger partial charge on any atom is 0.128 e. The van der Waals surface area contributed by atoms with Crippen molar-refractivity contribution in [1.29, 1.82) is 5.41 Å². The predicted octanol–water partition coefficient (Wildman–Crippen LogP) is 3.79. The van der Waals surface area contributed by atoms with Crippen molar-refractivity contribution >= 4 is 28.8 Å². The fraction of sp³-hybridized carbons (Fsp3) is 0.214. The van der Waals surface area contributed by atoms with E-state index in [-0.39, 0.29) is 0 Å². The summed E-state index contributed by atoms with van der Waals surface area (Å²) in [6.07, 6.45) is 0.952. The molecule has 1 N–H and O–H groups in total. The van der Waals surface area contributed by atoms with Crippen LogP contribution in [0.4, 0.5) is 0 Å². The van der Waals surface area contributed by atoms with Crippen molar-refractivity contribution in [2.24, 2.45) is 0 Å². The molecule has 0 amide bonds. The maximum absolute atomic E-state index is 8.16. The fourth-order valence-electron chi connectivity index (χ4n) is 2.27. The van der Waals surface area contributed by atoms with Gasteiger partial charge in [-0.05, 0) is 24.1 Å². The summed E-state index contributed by atoms with van der Waals surface area (Å²) in [7, 11) is 0. The lowest BCUT2D eigenvalue weighted by molar-refractivity contribution is 0.433. The average Bonchev–Trinajstić information content (AvgIpc) is 2.92. The number of nitrogens with zero attached hydrogens (tertiary/aromatic N) is 1. The number of thiophene rings is 1. The molecule has 92 valence electrons. The van der Waals surface area contributed by atoms with Gasteiger partial charge in [0.15, 0.2) is 0 Å². The smallest absolute Gasteiger partial charge is 0.128 e.